The zero-order valence-corrected chi connectivity index (χ0v) is 15.3. The minimum absolute atomic E-state index is 0.133. The summed E-state index contributed by atoms with van der Waals surface area (Å²) in [6, 6.07) is 9.05. The molecule has 1 aliphatic rings. The van der Waals surface area contributed by atoms with E-state index in [1.807, 2.05) is 41.1 Å². The first-order chi connectivity index (χ1) is 13.2. The first-order valence-electron chi connectivity index (χ1n) is 8.65. The van der Waals surface area contributed by atoms with Gasteiger partial charge in [0, 0.05) is 24.3 Å². The zero-order valence-electron chi connectivity index (χ0n) is 14.5. The highest BCUT2D eigenvalue weighted by Crippen LogP contribution is 2.25. The average Bonchev–Trinajstić information content (AvgIpc) is 3.43. The number of carbonyl (C=O) groups excluding carboxylic acids is 2. The van der Waals surface area contributed by atoms with Crippen molar-refractivity contribution in [2.24, 2.45) is 0 Å². The number of hydrogen-bond donors (Lipinski definition) is 1. The molecule has 0 radical (unpaired) electrons. The van der Waals surface area contributed by atoms with E-state index in [9.17, 15) is 9.59 Å². The Kier molecular flexibility index (Phi) is 4.93. The van der Waals surface area contributed by atoms with Crippen molar-refractivity contribution in [3.63, 3.8) is 0 Å². The third kappa shape index (κ3) is 3.87. The van der Waals surface area contributed by atoms with E-state index >= 15 is 0 Å². The minimum Gasteiger partial charge on any atom is -0.326 e. The van der Waals surface area contributed by atoms with Crippen molar-refractivity contribution in [3.05, 3.63) is 53.0 Å². The molecular weight excluding hydrogens is 364 g/mol. The van der Waals surface area contributed by atoms with E-state index in [0.717, 1.165) is 24.2 Å². The number of nitrogens with one attached hydrogen (secondary N) is 1. The van der Waals surface area contributed by atoms with Crippen LogP contribution in [0.4, 0.5) is 11.4 Å². The third-order valence-corrected chi connectivity index (χ3v) is 5.23. The number of anilines is 2. The van der Waals surface area contributed by atoms with Crippen molar-refractivity contribution in [1.29, 1.82) is 0 Å². The quantitative estimate of drug-likeness (QED) is 0.707. The predicted octanol–water partition coefficient (Wildman–Crippen LogP) is 2.48. The fraction of sp³-hybridized carbons (Fsp3) is 0.278. The minimum atomic E-state index is -0.257. The molecule has 1 saturated heterocycles. The van der Waals surface area contributed by atoms with Crippen LogP contribution >= 0.6 is 11.3 Å². The van der Waals surface area contributed by atoms with Gasteiger partial charge >= 0.3 is 0 Å². The topological polar surface area (TPSA) is 93.0 Å². The van der Waals surface area contributed by atoms with Crippen LogP contribution in [0.25, 0.3) is 0 Å². The van der Waals surface area contributed by atoms with E-state index < -0.39 is 0 Å². The monoisotopic (exact) mass is 382 g/mol. The molecule has 2 aromatic heterocycles. The van der Waals surface area contributed by atoms with Gasteiger partial charge in [0.05, 0.1) is 12.5 Å². The van der Waals surface area contributed by atoms with Crippen molar-refractivity contribution >= 4 is 34.5 Å². The number of thiophene rings is 1. The van der Waals surface area contributed by atoms with Crippen molar-refractivity contribution in [2.45, 2.75) is 25.3 Å². The van der Waals surface area contributed by atoms with E-state index in [0.29, 0.717) is 12.1 Å². The van der Waals surface area contributed by atoms with Gasteiger partial charge in [0.25, 0.3) is 0 Å². The Balaban J connectivity index is 1.43. The smallest absolute Gasteiger partial charge is 0.227 e. The van der Waals surface area contributed by atoms with E-state index in [1.165, 1.54) is 6.33 Å². The van der Waals surface area contributed by atoms with Crippen LogP contribution in [0.15, 0.2) is 47.4 Å². The Bertz CT molecular complexity index is 874. The van der Waals surface area contributed by atoms with Crippen molar-refractivity contribution in [2.75, 3.05) is 16.8 Å². The number of hydrogen-bond acceptors (Lipinski definition) is 6. The molecule has 27 heavy (non-hydrogen) atoms. The molecule has 1 aromatic carbocycles. The van der Waals surface area contributed by atoms with Crippen LogP contribution < -0.4 is 10.2 Å². The van der Waals surface area contributed by atoms with Gasteiger partial charge in [0.15, 0.2) is 0 Å². The molecule has 1 atom stereocenters. The van der Waals surface area contributed by atoms with E-state index in [1.54, 1.807) is 20.9 Å². The Morgan fingerprint density at radius 3 is 2.74 bits per heavy atom. The molecule has 1 fully saturated rings. The molecule has 2 amide bonds. The van der Waals surface area contributed by atoms with E-state index in [-0.39, 0.29) is 24.3 Å². The van der Waals surface area contributed by atoms with Crippen molar-refractivity contribution in [1.82, 2.24) is 20.2 Å². The summed E-state index contributed by atoms with van der Waals surface area (Å²) >= 11 is 1.56. The standard InChI is InChI=1S/C18H18N6O2S/c25-17(10-16(13-7-9-27-11-13)24-12-19-21-22-24)20-14-3-5-15(6-4-14)23-8-1-2-18(23)26/h3-7,9,11-12,16H,1-2,8,10H2,(H,20,25)/t16-/m0/s1. The molecule has 3 heterocycles. The molecule has 1 N–H and O–H groups in total. The Morgan fingerprint density at radius 2 is 2.11 bits per heavy atom. The van der Waals surface area contributed by atoms with Crippen LogP contribution in [-0.2, 0) is 9.59 Å². The van der Waals surface area contributed by atoms with Crippen LogP contribution in [0.1, 0.15) is 30.9 Å². The summed E-state index contributed by atoms with van der Waals surface area (Å²) in [6.07, 6.45) is 3.21. The normalized spacial score (nSPS) is 15.1. The molecule has 138 valence electrons. The molecule has 0 bridgehead atoms. The van der Waals surface area contributed by atoms with Crippen molar-refractivity contribution < 1.29 is 9.59 Å². The summed E-state index contributed by atoms with van der Waals surface area (Å²) in [5.74, 6) is 0.0125. The van der Waals surface area contributed by atoms with Crippen LogP contribution in [0.5, 0.6) is 0 Å². The lowest BCUT2D eigenvalue weighted by atomic mass is 10.1. The fourth-order valence-corrected chi connectivity index (χ4v) is 3.88. The molecule has 1 aliphatic heterocycles. The lowest BCUT2D eigenvalue weighted by Gasteiger charge is -2.17. The zero-order chi connectivity index (χ0) is 18.6. The molecule has 4 rings (SSSR count). The molecule has 0 unspecified atom stereocenters. The van der Waals surface area contributed by atoms with Crippen molar-refractivity contribution in [3.8, 4) is 0 Å². The molecule has 0 aliphatic carbocycles. The van der Waals surface area contributed by atoms with Crippen LogP contribution in [0.3, 0.4) is 0 Å². The number of tetrazole rings is 1. The Hall–Kier alpha value is -3.07. The maximum absolute atomic E-state index is 12.6. The van der Waals surface area contributed by atoms with Crippen LogP contribution in [0.2, 0.25) is 0 Å². The number of benzene rings is 1. The summed E-state index contributed by atoms with van der Waals surface area (Å²) in [6.45, 7) is 0.749. The number of rotatable bonds is 6. The second-order valence-corrected chi connectivity index (χ2v) is 7.09. The lowest BCUT2D eigenvalue weighted by Crippen LogP contribution is -2.23. The fourth-order valence-electron chi connectivity index (χ4n) is 3.17. The second-order valence-electron chi connectivity index (χ2n) is 6.31. The number of amides is 2. The lowest BCUT2D eigenvalue weighted by molar-refractivity contribution is -0.117. The number of carbonyl (C=O) groups is 2. The summed E-state index contributed by atoms with van der Waals surface area (Å²) in [5.41, 5.74) is 2.54. The van der Waals surface area contributed by atoms with E-state index in [4.69, 9.17) is 0 Å². The van der Waals surface area contributed by atoms with Gasteiger partial charge in [-0.1, -0.05) is 0 Å². The summed E-state index contributed by atoms with van der Waals surface area (Å²) in [4.78, 5) is 26.1. The van der Waals surface area contributed by atoms with Gasteiger partial charge in [0.1, 0.15) is 6.33 Å². The first kappa shape index (κ1) is 17.3. The molecule has 8 nitrogen and oxygen atoms in total. The molecular formula is C18H18N6O2S. The predicted molar refractivity (Wildman–Crippen MR) is 102 cm³/mol. The van der Waals surface area contributed by atoms with Crippen LogP contribution in [0, 0.1) is 0 Å². The summed E-state index contributed by atoms with van der Waals surface area (Å²) in [5, 5.41) is 18.1. The highest BCUT2D eigenvalue weighted by atomic mass is 32.1. The van der Waals surface area contributed by atoms with Gasteiger partial charge in [-0.25, -0.2) is 4.68 Å². The maximum Gasteiger partial charge on any atom is 0.227 e. The largest absolute Gasteiger partial charge is 0.326 e. The Labute approximate surface area is 159 Å². The second kappa shape index (κ2) is 7.67. The molecule has 0 saturated carbocycles. The van der Waals surface area contributed by atoms with Gasteiger partial charge in [-0.05, 0) is 63.5 Å². The van der Waals surface area contributed by atoms with Gasteiger partial charge in [-0.3, -0.25) is 9.59 Å². The summed E-state index contributed by atoms with van der Waals surface area (Å²) < 4.78 is 1.59. The van der Waals surface area contributed by atoms with Gasteiger partial charge < -0.3 is 10.2 Å². The maximum atomic E-state index is 12.6. The summed E-state index contributed by atoms with van der Waals surface area (Å²) in [7, 11) is 0. The number of nitrogens with zero attached hydrogens (tertiary/aromatic N) is 5. The highest BCUT2D eigenvalue weighted by Gasteiger charge is 2.22. The van der Waals surface area contributed by atoms with Gasteiger partial charge in [0.2, 0.25) is 11.8 Å². The first-order valence-corrected chi connectivity index (χ1v) is 9.60. The average molecular weight is 382 g/mol. The van der Waals surface area contributed by atoms with E-state index in [2.05, 4.69) is 20.8 Å². The van der Waals surface area contributed by atoms with Gasteiger partial charge in [-0.15, -0.1) is 5.10 Å². The molecule has 3 aromatic rings. The Morgan fingerprint density at radius 1 is 1.26 bits per heavy atom. The van der Waals surface area contributed by atoms with Crippen LogP contribution in [-0.4, -0.2) is 38.6 Å². The van der Waals surface area contributed by atoms with Gasteiger partial charge in [-0.2, -0.15) is 11.3 Å². The molecule has 9 heteroatoms. The highest BCUT2D eigenvalue weighted by molar-refractivity contribution is 7.08. The number of aromatic nitrogens is 4. The molecule has 0 spiro atoms. The third-order valence-electron chi connectivity index (χ3n) is 4.53. The SMILES string of the molecule is O=C(C[C@@H](c1ccsc1)n1cnnn1)Nc1ccc(N2CCCC2=O)cc1.